The first kappa shape index (κ1) is 18.3. The lowest BCUT2D eigenvalue weighted by Crippen LogP contribution is -2.52. The lowest BCUT2D eigenvalue weighted by molar-refractivity contribution is -0.123. The number of nitrogens with zero attached hydrogens (tertiary/aromatic N) is 3. The van der Waals surface area contributed by atoms with Crippen molar-refractivity contribution in [3.8, 4) is 0 Å². The van der Waals surface area contributed by atoms with E-state index in [9.17, 15) is 9.59 Å². The molecule has 0 bridgehead atoms. The van der Waals surface area contributed by atoms with Crippen LogP contribution in [0.5, 0.6) is 0 Å². The first-order chi connectivity index (χ1) is 13.0. The Hall–Kier alpha value is -2.08. The van der Waals surface area contributed by atoms with E-state index in [1.165, 1.54) is 10.6 Å². The van der Waals surface area contributed by atoms with E-state index in [0.717, 1.165) is 26.2 Å². The third-order valence-electron chi connectivity index (χ3n) is 5.16. The van der Waals surface area contributed by atoms with Crippen molar-refractivity contribution in [1.29, 1.82) is 0 Å². The molecule has 1 atom stereocenters. The molecule has 0 radical (unpaired) electrons. The van der Waals surface area contributed by atoms with E-state index in [2.05, 4.69) is 21.9 Å². The molecule has 140 valence electrons. The summed E-state index contributed by atoms with van der Waals surface area (Å²) >= 11 is 12.0. The number of imide groups is 1. The zero-order chi connectivity index (χ0) is 19.0. The van der Waals surface area contributed by atoms with E-state index in [1.54, 1.807) is 18.2 Å². The summed E-state index contributed by atoms with van der Waals surface area (Å²) < 4.78 is 0. The van der Waals surface area contributed by atoms with Crippen LogP contribution < -0.4 is 9.80 Å². The molecule has 2 aliphatic rings. The maximum absolute atomic E-state index is 12.9. The molecule has 2 saturated heterocycles. The lowest BCUT2D eigenvalue weighted by Gasteiger charge is -2.38. The van der Waals surface area contributed by atoms with Crippen molar-refractivity contribution >= 4 is 46.4 Å². The first-order valence-electron chi connectivity index (χ1n) is 8.90. The monoisotopic (exact) mass is 403 g/mol. The van der Waals surface area contributed by atoms with Crippen molar-refractivity contribution in [2.24, 2.45) is 0 Å². The minimum absolute atomic E-state index is 0.188. The number of para-hydroxylation sites is 1. The molecule has 27 heavy (non-hydrogen) atoms. The normalized spacial score (nSPS) is 21.2. The number of carbonyl (C=O) groups excluding carboxylic acids is 2. The third-order valence-corrected chi connectivity index (χ3v) is 5.90. The Bertz CT molecular complexity index is 867. The van der Waals surface area contributed by atoms with Gasteiger partial charge in [0, 0.05) is 31.9 Å². The molecule has 2 amide bonds. The molecule has 2 heterocycles. The molecule has 2 aromatic rings. The van der Waals surface area contributed by atoms with Crippen LogP contribution in [0.15, 0.2) is 48.5 Å². The van der Waals surface area contributed by atoms with Crippen LogP contribution in [0.2, 0.25) is 10.0 Å². The topological polar surface area (TPSA) is 43.9 Å². The molecule has 4 rings (SSSR count). The Labute approximate surface area is 168 Å². The van der Waals surface area contributed by atoms with Crippen molar-refractivity contribution in [3.05, 3.63) is 58.6 Å². The van der Waals surface area contributed by atoms with Gasteiger partial charge in [-0.1, -0.05) is 41.4 Å². The molecule has 0 spiro atoms. The minimum Gasteiger partial charge on any atom is -0.369 e. The van der Waals surface area contributed by atoms with Gasteiger partial charge in [0.15, 0.2) is 0 Å². The summed E-state index contributed by atoms with van der Waals surface area (Å²) in [5.74, 6) is -0.388. The van der Waals surface area contributed by atoms with Gasteiger partial charge in [0.25, 0.3) is 5.91 Å². The number of rotatable bonds is 3. The van der Waals surface area contributed by atoms with Crippen LogP contribution in [0.25, 0.3) is 0 Å². The number of amides is 2. The number of anilines is 2. The Morgan fingerprint density at radius 2 is 1.52 bits per heavy atom. The Balaban J connectivity index is 1.45. The third kappa shape index (κ3) is 3.55. The Morgan fingerprint density at radius 3 is 2.19 bits per heavy atom. The van der Waals surface area contributed by atoms with E-state index in [-0.39, 0.29) is 18.2 Å². The summed E-state index contributed by atoms with van der Waals surface area (Å²) in [7, 11) is 0. The highest BCUT2D eigenvalue weighted by Gasteiger charge is 2.43. The Kier molecular flexibility index (Phi) is 5.08. The van der Waals surface area contributed by atoms with Gasteiger partial charge in [-0.2, -0.15) is 0 Å². The predicted molar refractivity (Wildman–Crippen MR) is 108 cm³/mol. The number of hydrogen-bond acceptors (Lipinski definition) is 4. The molecule has 2 aromatic carbocycles. The van der Waals surface area contributed by atoms with E-state index in [0.29, 0.717) is 15.7 Å². The SMILES string of the molecule is O=C1CC(N2CCN(c3ccccc3)CC2)C(=O)N1c1ccc(Cl)c(Cl)c1. The molecule has 1 unspecified atom stereocenters. The summed E-state index contributed by atoms with van der Waals surface area (Å²) in [4.78, 5) is 31.1. The summed E-state index contributed by atoms with van der Waals surface area (Å²) in [5.41, 5.74) is 1.66. The van der Waals surface area contributed by atoms with Crippen molar-refractivity contribution in [1.82, 2.24) is 4.90 Å². The molecule has 0 aromatic heterocycles. The smallest absolute Gasteiger partial charge is 0.251 e. The minimum atomic E-state index is -0.412. The second-order valence-electron chi connectivity index (χ2n) is 6.74. The summed E-state index contributed by atoms with van der Waals surface area (Å²) in [5, 5.41) is 0.725. The lowest BCUT2D eigenvalue weighted by atomic mass is 10.1. The van der Waals surface area contributed by atoms with Gasteiger partial charge in [-0.3, -0.25) is 14.5 Å². The standard InChI is InChI=1S/C20H19Cl2N3O2/c21-16-7-6-15(12-17(16)22)25-19(26)13-18(20(25)27)24-10-8-23(9-11-24)14-4-2-1-3-5-14/h1-7,12,18H,8-11,13H2. The highest BCUT2D eigenvalue weighted by Crippen LogP contribution is 2.31. The van der Waals surface area contributed by atoms with E-state index < -0.39 is 6.04 Å². The van der Waals surface area contributed by atoms with Gasteiger partial charge in [-0.05, 0) is 30.3 Å². The number of benzene rings is 2. The first-order valence-corrected chi connectivity index (χ1v) is 9.66. The Morgan fingerprint density at radius 1 is 0.815 bits per heavy atom. The molecular formula is C20H19Cl2N3O2. The molecule has 0 aliphatic carbocycles. The quantitative estimate of drug-likeness (QED) is 0.736. The highest BCUT2D eigenvalue weighted by molar-refractivity contribution is 6.42. The zero-order valence-electron chi connectivity index (χ0n) is 14.6. The van der Waals surface area contributed by atoms with Gasteiger partial charge < -0.3 is 4.90 Å². The largest absolute Gasteiger partial charge is 0.369 e. The number of halogens is 2. The van der Waals surface area contributed by atoms with Gasteiger partial charge in [0.2, 0.25) is 5.91 Å². The van der Waals surface area contributed by atoms with Crippen molar-refractivity contribution < 1.29 is 9.59 Å². The van der Waals surface area contributed by atoms with Crippen LogP contribution >= 0.6 is 23.2 Å². The average Bonchev–Trinajstić information content (AvgIpc) is 2.99. The van der Waals surface area contributed by atoms with Gasteiger partial charge in [0.1, 0.15) is 0 Å². The van der Waals surface area contributed by atoms with Gasteiger partial charge in [0.05, 0.1) is 28.2 Å². The maximum atomic E-state index is 12.9. The van der Waals surface area contributed by atoms with Crippen LogP contribution in [-0.4, -0.2) is 48.9 Å². The zero-order valence-corrected chi connectivity index (χ0v) is 16.2. The van der Waals surface area contributed by atoms with Crippen molar-refractivity contribution in [2.75, 3.05) is 36.0 Å². The summed E-state index contributed by atoms with van der Waals surface area (Å²) in [6, 6.07) is 14.6. The average molecular weight is 404 g/mol. The van der Waals surface area contributed by atoms with Crippen molar-refractivity contribution in [2.45, 2.75) is 12.5 Å². The van der Waals surface area contributed by atoms with Gasteiger partial charge in [-0.15, -0.1) is 0 Å². The van der Waals surface area contributed by atoms with Gasteiger partial charge in [-0.25, -0.2) is 4.90 Å². The van der Waals surface area contributed by atoms with E-state index >= 15 is 0 Å². The molecule has 0 N–H and O–H groups in total. The molecular weight excluding hydrogens is 385 g/mol. The summed E-state index contributed by atoms with van der Waals surface area (Å²) in [6.45, 7) is 3.14. The van der Waals surface area contributed by atoms with Crippen LogP contribution in [0.1, 0.15) is 6.42 Å². The van der Waals surface area contributed by atoms with Gasteiger partial charge >= 0.3 is 0 Å². The maximum Gasteiger partial charge on any atom is 0.251 e. The molecule has 0 saturated carbocycles. The second-order valence-corrected chi connectivity index (χ2v) is 7.56. The van der Waals surface area contributed by atoms with E-state index in [4.69, 9.17) is 23.2 Å². The molecule has 2 fully saturated rings. The van der Waals surface area contributed by atoms with E-state index in [1.807, 2.05) is 18.2 Å². The van der Waals surface area contributed by atoms with Crippen molar-refractivity contribution in [3.63, 3.8) is 0 Å². The fourth-order valence-corrected chi connectivity index (χ4v) is 4.02. The summed E-state index contributed by atoms with van der Waals surface area (Å²) in [6.07, 6.45) is 0.199. The number of carbonyl (C=O) groups is 2. The van der Waals surface area contributed by atoms with Crippen LogP contribution in [-0.2, 0) is 9.59 Å². The van der Waals surface area contributed by atoms with Crippen LogP contribution in [0, 0.1) is 0 Å². The fraction of sp³-hybridized carbons (Fsp3) is 0.300. The molecule has 2 aliphatic heterocycles. The number of piperazine rings is 1. The number of hydrogen-bond donors (Lipinski definition) is 0. The predicted octanol–water partition coefficient (Wildman–Crippen LogP) is 3.45. The van der Waals surface area contributed by atoms with Crippen LogP contribution in [0.4, 0.5) is 11.4 Å². The molecule has 5 nitrogen and oxygen atoms in total. The molecule has 7 heteroatoms. The second kappa shape index (κ2) is 7.50. The highest BCUT2D eigenvalue weighted by atomic mass is 35.5. The fourth-order valence-electron chi connectivity index (χ4n) is 3.73. The van der Waals surface area contributed by atoms with Crippen LogP contribution in [0.3, 0.4) is 0 Å².